The lowest BCUT2D eigenvalue weighted by atomic mass is 9.98. The maximum absolute atomic E-state index is 13.4. The Morgan fingerprint density at radius 2 is 1.37 bits per heavy atom. The van der Waals surface area contributed by atoms with Crippen LogP contribution in [0, 0.1) is 10.1 Å². The molecule has 0 saturated heterocycles. The number of hydrogen-bond acceptors (Lipinski definition) is 13. The van der Waals surface area contributed by atoms with Crippen LogP contribution in [0.1, 0.15) is 69.1 Å². The average molecular weight is 701 g/mol. The number of amides is 2. The van der Waals surface area contributed by atoms with Gasteiger partial charge < -0.3 is 34.7 Å². The van der Waals surface area contributed by atoms with Crippen LogP contribution in [-0.2, 0) is 16.1 Å². The lowest BCUT2D eigenvalue weighted by Crippen LogP contribution is -2.23. The van der Waals surface area contributed by atoms with Crippen LogP contribution in [0.2, 0.25) is 0 Å². The molecule has 3 aromatic heterocycles. The Balaban J connectivity index is 1.40. The number of nitrogens with one attached hydrogen (secondary N) is 2. The first-order valence-corrected chi connectivity index (χ1v) is 15.7. The van der Waals surface area contributed by atoms with Crippen molar-refractivity contribution in [3.05, 3.63) is 99.5 Å². The molecule has 0 radical (unpaired) electrons. The van der Waals surface area contributed by atoms with E-state index in [-0.39, 0.29) is 58.8 Å². The summed E-state index contributed by atoms with van der Waals surface area (Å²) in [5.41, 5.74) is -0.166. The summed E-state index contributed by atoms with van der Waals surface area (Å²) in [5, 5.41) is 25.9. The predicted octanol–water partition coefficient (Wildman–Crippen LogP) is 4.82. The van der Waals surface area contributed by atoms with Crippen molar-refractivity contribution in [1.82, 2.24) is 15.0 Å². The number of nitro groups is 1. The number of esters is 1. The fourth-order valence-corrected chi connectivity index (χ4v) is 4.99. The van der Waals surface area contributed by atoms with E-state index in [1.807, 2.05) is 6.07 Å². The summed E-state index contributed by atoms with van der Waals surface area (Å²) in [5.74, 6) is -4.41. The molecule has 5 rings (SSSR count). The number of ether oxygens (including phenoxy) is 4. The monoisotopic (exact) mass is 700 g/mol. The number of nitrogens with zero attached hydrogens (tertiary/aromatic N) is 4. The van der Waals surface area contributed by atoms with E-state index >= 15 is 0 Å². The Morgan fingerprint density at radius 3 is 2.00 bits per heavy atom. The highest BCUT2D eigenvalue weighted by Gasteiger charge is 2.24. The van der Waals surface area contributed by atoms with Gasteiger partial charge in [-0.2, -0.15) is 0 Å². The molecule has 1 saturated carbocycles. The standard InChI is InChI=1S/C34H32N6O11/c1-48-34(45)26-15-14-24(31(39-26)50-19-28(41)42)35-29(43)22-12-13-25(32(37-22)51-21-10-6-3-7-11-21)36-30(44)23-16-17-27(40(46)47)33(38-23)49-18-20-8-4-2-5-9-20/h2,4-5,8-9,12-17,21H,3,6-7,10-11,18-19H2,1H3,(H,35,43)(H,36,44)(H,41,42). The highest BCUT2D eigenvalue weighted by Crippen LogP contribution is 2.31. The molecule has 1 aliphatic rings. The molecule has 17 nitrogen and oxygen atoms in total. The minimum Gasteiger partial charge on any atom is -0.479 e. The maximum Gasteiger partial charge on any atom is 0.356 e. The number of benzene rings is 1. The van der Waals surface area contributed by atoms with E-state index in [9.17, 15) is 29.3 Å². The molecule has 1 aliphatic carbocycles. The van der Waals surface area contributed by atoms with E-state index in [2.05, 4.69) is 30.3 Å². The van der Waals surface area contributed by atoms with Crippen LogP contribution in [0.4, 0.5) is 17.1 Å². The molecule has 0 spiro atoms. The summed E-state index contributed by atoms with van der Waals surface area (Å²) in [6.45, 7) is -0.831. The third kappa shape index (κ3) is 9.50. The number of aromatic nitrogens is 3. The van der Waals surface area contributed by atoms with Crippen LogP contribution < -0.4 is 24.8 Å². The number of hydrogen-bond donors (Lipinski definition) is 3. The normalized spacial score (nSPS) is 12.6. The van der Waals surface area contributed by atoms with Crippen LogP contribution in [0.25, 0.3) is 0 Å². The molecule has 4 aromatic rings. The van der Waals surface area contributed by atoms with Gasteiger partial charge in [0.05, 0.1) is 12.0 Å². The number of methoxy groups -OCH3 is 1. The number of anilines is 2. The zero-order chi connectivity index (χ0) is 36.3. The van der Waals surface area contributed by atoms with Gasteiger partial charge in [-0.1, -0.05) is 36.8 Å². The number of carbonyl (C=O) groups is 4. The minimum atomic E-state index is -1.32. The lowest BCUT2D eigenvalue weighted by molar-refractivity contribution is -0.386. The van der Waals surface area contributed by atoms with Gasteiger partial charge in [0, 0.05) is 6.07 Å². The maximum atomic E-state index is 13.4. The smallest absolute Gasteiger partial charge is 0.356 e. The summed E-state index contributed by atoms with van der Waals surface area (Å²) in [4.78, 5) is 73.3. The van der Waals surface area contributed by atoms with E-state index < -0.39 is 41.0 Å². The second-order valence-corrected chi connectivity index (χ2v) is 11.1. The fraction of sp³-hybridized carbons (Fsp3) is 0.265. The van der Waals surface area contributed by atoms with Gasteiger partial charge >= 0.3 is 17.6 Å². The summed E-state index contributed by atoms with van der Waals surface area (Å²) in [6.07, 6.45) is 4.06. The van der Waals surface area contributed by atoms with Crippen LogP contribution >= 0.6 is 0 Å². The molecule has 0 atom stereocenters. The van der Waals surface area contributed by atoms with E-state index in [4.69, 9.17) is 19.3 Å². The SMILES string of the molecule is COC(=O)c1ccc(NC(=O)c2ccc(NC(=O)c3ccc([N+](=O)[O-])c(OCc4ccccc4)n3)c(OC3CCCCC3)n2)c(OCC(=O)O)n1. The van der Waals surface area contributed by atoms with Crippen molar-refractivity contribution >= 4 is 40.8 Å². The van der Waals surface area contributed by atoms with Gasteiger partial charge in [0.25, 0.3) is 17.7 Å². The van der Waals surface area contributed by atoms with Gasteiger partial charge in [0.1, 0.15) is 35.5 Å². The molecule has 0 aliphatic heterocycles. The van der Waals surface area contributed by atoms with E-state index in [0.717, 1.165) is 50.8 Å². The topological polar surface area (TPSA) is 231 Å². The Morgan fingerprint density at radius 1 is 0.784 bits per heavy atom. The highest BCUT2D eigenvalue weighted by molar-refractivity contribution is 6.06. The summed E-state index contributed by atoms with van der Waals surface area (Å²) >= 11 is 0. The van der Waals surface area contributed by atoms with Gasteiger partial charge in [-0.05, 0) is 61.6 Å². The van der Waals surface area contributed by atoms with Crippen LogP contribution in [0.3, 0.4) is 0 Å². The van der Waals surface area contributed by atoms with Crippen molar-refractivity contribution in [3.8, 4) is 17.6 Å². The Kier molecular flexibility index (Phi) is 11.6. The molecule has 264 valence electrons. The zero-order valence-electron chi connectivity index (χ0n) is 27.2. The lowest BCUT2D eigenvalue weighted by Gasteiger charge is -2.24. The van der Waals surface area contributed by atoms with Gasteiger partial charge in [-0.3, -0.25) is 19.7 Å². The Hall–Kier alpha value is -6.65. The number of carboxylic acid groups (broad SMARTS) is 1. The van der Waals surface area contributed by atoms with Crippen molar-refractivity contribution in [2.75, 3.05) is 24.4 Å². The average Bonchev–Trinajstić information content (AvgIpc) is 3.14. The molecule has 1 aromatic carbocycles. The molecule has 3 heterocycles. The summed E-state index contributed by atoms with van der Waals surface area (Å²) in [7, 11) is 1.14. The number of rotatable bonds is 14. The molecule has 0 bridgehead atoms. The van der Waals surface area contributed by atoms with Crippen molar-refractivity contribution < 1.29 is 48.2 Å². The first-order valence-electron chi connectivity index (χ1n) is 15.7. The largest absolute Gasteiger partial charge is 0.479 e. The first-order chi connectivity index (χ1) is 24.6. The van der Waals surface area contributed by atoms with Crippen molar-refractivity contribution in [1.29, 1.82) is 0 Å². The third-order valence-electron chi connectivity index (χ3n) is 7.49. The first kappa shape index (κ1) is 35.7. The van der Waals surface area contributed by atoms with Crippen molar-refractivity contribution in [2.45, 2.75) is 44.8 Å². The number of aliphatic carboxylic acids is 1. The summed E-state index contributed by atoms with van der Waals surface area (Å²) < 4.78 is 21.6. The van der Waals surface area contributed by atoms with Gasteiger partial charge in [0.15, 0.2) is 12.3 Å². The Labute approximate surface area is 290 Å². The molecule has 0 unspecified atom stereocenters. The quantitative estimate of drug-likeness (QED) is 0.0909. The van der Waals surface area contributed by atoms with Crippen molar-refractivity contribution in [3.63, 3.8) is 0 Å². The van der Waals surface area contributed by atoms with Crippen LogP contribution in [0.15, 0.2) is 66.7 Å². The van der Waals surface area contributed by atoms with E-state index in [1.165, 1.54) is 30.3 Å². The summed E-state index contributed by atoms with van der Waals surface area (Å²) in [6, 6.07) is 16.5. The highest BCUT2D eigenvalue weighted by atomic mass is 16.6. The van der Waals surface area contributed by atoms with Gasteiger partial charge in [0.2, 0.25) is 11.8 Å². The molecular weight excluding hydrogens is 668 g/mol. The van der Waals surface area contributed by atoms with Gasteiger partial charge in [-0.25, -0.2) is 24.5 Å². The van der Waals surface area contributed by atoms with E-state index in [0.29, 0.717) is 0 Å². The second kappa shape index (κ2) is 16.6. The number of pyridine rings is 3. The van der Waals surface area contributed by atoms with Crippen molar-refractivity contribution in [2.24, 2.45) is 0 Å². The van der Waals surface area contributed by atoms with Gasteiger partial charge in [-0.15, -0.1) is 0 Å². The Bertz CT molecular complexity index is 1930. The zero-order valence-corrected chi connectivity index (χ0v) is 27.2. The predicted molar refractivity (Wildman–Crippen MR) is 178 cm³/mol. The second-order valence-electron chi connectivity index (χ2n) is 11.1. The van der Waals surface area contributed by atoms with Crippen LogP contribution in [-0.4, -0.2) is 68.6 Å². The number of carbonyl (C=O) groups excluding carboxylic acids is 3. The molecular formula is C34H32N6O11. The molecule has 2 amide bonds. The fourth-order valence-electron chi connectivity index (χ4n) is 4.99. The number of carboxylic acids is 1. The van der Waals surface area contributed by atoms with Crippen LogP contribution in [0.5, 0.6) is 17.6 Å². The molecule has 51 heavy (non-hydrogen) atoms. The van der Waals surface area contributed by atoms with E-state index in [1.54, 1.807) is 24.3 Å². The molecule has 17 heteroatoms. The third-order valence-corrected chi connectivity index (χ3v) is 7.49. The molecule has 3 N–H and O–H groups in total. The molecule has 1 fully saturated rings. The minimum absolute atomic E-state index is 0.0226.